The number of amides is 1. The van der Waals surface area contributed by atoms with Gasteiger partial charge in [0.2, 0.25) is 0 Å². The molecule has 2 aromatic rings. The lowest BCUT2D eigenvalue weighted by atomic mass is 10.1. The number of hydrogen-bond acceptors (Lipinski definition) is 6. The van der Waals surface area contributed by atoms with Crippen LogP contribution < -0.4 is 16.6 Å². The highest BCUT2D eigenvalue weighted by Gasteiger charge is 2.12. The Balaban J connectivity index is 2.49. The van der Waals surface area contributed by atoms with Gasteiger partial charge in [0.1, 0.15) is 6.21 Å². The molecule has 1 heterocycles. The molecule has 2 rings (SSSR count). The Bertz CT molecular complexity index is 777. The molecule has 9 heteroatoms. The summed E-state index contributed by atoms with van der Waals surface area (Å²) in [6, 6.07) is 6.35. The zero-order valence-corrected chi connectivity index (χ0v) is 9.95. The fourth-order valence-electron chi connectivity index (χ4n) is 1.55. The number of nitrogens with one attached hydrogen (secondary N) is 3. The van der Waals surface area contributed by atoms with Gasteiger partial charge in [-0.1, -0.05) is 23.4 Å². The van der Waals surface area contributed by atoms with Crippen LogP contribution in [0.3, 0.4) is 0 Å². The Morgan fingerprint density at radius 3 is 2.80 bits per heavy atom. The maximum Gasteiger partial charge on any atom is 0.342 e. The van der Waals surface area contributed by atoms with Crippen LogP contribution in [0.25, 0.3) is 11.3 Å². The van der Waals surface area contributed by atoms with Crippen LogP contribution in [0.4, 0.5) is 5.69 Å². The maximum atomic E-state index is 11.7. The summed E-state index contributed by atoms with van der Waals surface area (Å²) in [5.41, 5.74) is -0.882. The number of anilines is 1. The molecule has 1 aromatic carbocycles. The van der Waals surface area contributed by atoms with Crippen LogP contribution in [0.1, 0.15) is 0 Å². The van der Waals surface area contributed by atoms with Crippen LogP contribution in [0.2, 0.25) is 0 Å². The fraction of sp³-hybridized carbons (Fsp3) is 0. The van der Waals surface area contributed by atoms with Gasteiger partial charge in [-0.05, 0) is 6.07 Å². The van der Waals surface area contributed by atoms with Crippen molar-refractivity contribution in [3.05, 3.63) is 45.1 Å². The summed E-state index contributed by atoms with van der Waals surface area (Å²) in [5, 5.41) is 19.0. The van der Waals surface area contributed by atoms with Gasteiger partial charge in [-0.15, -0.1) is 0 Å². The smallest absolute Gasteiger partial charge is 0.342 e. The SMILES string of the molecule is O=C(/C=N/O)Nc1ccccc1-c1n[nH]c(=O)[nH]c1=O. The second-order valence-corrected chi connectivity index (χ2v) is 3.63. The van der Waals surface area contributed by atoms with Crippen molar-refractivity contribution in [1.82, 2.24) is 15.2 Å². The van der Waals surface area contributed by atoms with Crippen LogP contribution in [0.5, 0.6) is 0 Å². The van der Waals surface area contributed by atoms with E-state index in [1.54, 1.807) is 18.2 Å². The molecule has 0 fully saturated rings. The Kier molecular flexibility index (Phi) is 3.70. The predicted octanol–water partition coefficient (Wildman–Crippen LogP) is -0.476. The third kappa shape index (κ3) is 2.77. The van der Waals surface area contributed by atoms with E-state index < -0.39 is 17.2 Å². The molecule has 0 aliphatic rings. The number of H-pyrrole nitrogens is 2. The molecule has 102 valence electrons. The molecule has 0 bridgehead atoms. The van der Waals surface area contributed by atoms with Crippen molar-refractivity contribution in [1.29, 1.82) is 0 Å². The first-order valence-electron chi connectivity index (χ1n) is 5.38. The zero-order chi connectivity index (χ0) is 14.5. The molecule has 0 atom stereocenters. The normalized spacial score (nSPS) is 10.6. The highest BCUT2D eigenvalue weighted by atomic mass is 16.4. The number of carbonyl (C=O) groups excluding carboxylic acids is 1. The second-order valence-electron chi connectivity index (χ2n) is 3.63. The predicted molar refractivity (Wildman–Crippen MR) is 69.8 cm³/mol. The number of nitrogens with zero attached hydrogens (tertiary/aromatic N) is 2. The zero-order valence-electron chi connectivity index (χ0n) is 9.95. The third-order valence-corrected chi connectivity index (χ3v) is 2.33. The molecule has 0 radical (unpaired) electrons. The molecule has 20 heavy (non-hydrogen) atoms. The van der Waals surface area contributed by atoms with Gasteiger partial charge >= 0.3 is 5.69 Å². The summed E-state index contributed by atoms with van der Waals surface area (Å²) < 4.78 is 0. The largest absolute Gasteiger partial charge is 0.411 e. The molecule has 0 saturated carbocycles. The van der Waals surface area contributed by atoms with Gasteiger partial charge in [0, 0.05) is 5.56 Å². The second kappa shape index (κ2) is 5.61. The van der Waals surface area contributed by atoms with Crippen molar-refractivity contribution in [2.75, 3.05) is 5.32 Å². The number of para-hydroxylation sites is 1. The van der Waals surface area contributed by atoms with E-state index in [1.165, 1.54) is 6.07 Å². The van der Waals surface area contributed by atoms with E-state index in [9.17, 15) is 14.4 Å². The highest BCUT2D eigenvalue weighted by Crippen LogP contribution is 2.22. The van der Waals surface area contributed by atoms with E-state index in [-0.39, 0.29) is 11.4 Å². The molecular formula is C11H9N5O4. The summed E-state index contributed by atoms with van der Waals surface area (Å²) >= 11 is 0. The van der Waals surface area contributed by atoms with Crippen molar-refractivity contribution in [3.8, 4) is 11.3 Å². The lowest BCUT2D eigenvalue weighted by Crippen LogP contribution is -2.25. The van der Waals surface area contributed by atoms with Gasteiger partial charge in [0.25, 0.3) is 11.5 Å². The molecule has 4 N–H and O–H groups in total. The van der Waals surface area contributed by atoms with Crippen molar-refractivity contribution in [2.45, 2.75) is 0 Å². The number of rotatable bonds is 3. The van der Waals surface area contributed by atoms with Crippen molar-refractivity contribution >= 4 is 17.8 Å². The van der Waals surface area contributed by atoms with Crippen LogP contribution in [0.15, 0.2) is 39.0 Å². The summed E-state index contributed by atoms with van der Waals surface area (Å²) in [6.45, 7) is 0. The molecular weight excluding hydrogens is 266 g/mol. The number of oxime groups is 1. The minimum atomic E-state index is -0.729. The van der Waals surface area contributed by atoms with Gasteiger partial charge in [0.15, 0.2) is 5.69 Å². The van der Waals surface area contributed by atoms with E-state index in [4.69, 9.17) is 5.21 Å². The monoisotopic (exact) mass is 275 g/mol. The minimum Gasteiger partial charge on any atom is -0.411 e. The van der Waals surface area contributed by atoms with Gasteiger partial charge in [-0.2, -0.15) is 5.10 Å². The topological polar surface area (TPSA) is 140 Å². The lowest BCUT2D eigenvalue weighted by Gasteiger charge is -2.07. The Hall–Kier alpha value is -3.23. The molecule has 1 aromatic heterocycles. The first-order valence-corrected chi connectivity index (χ1v) is 5.38. The summed E-state index contributed by atoms with van der Waals surface area (Å²) in [6.07, 6.45) is 0.668. The molecule has 0 spiro atoms. The van der Waals surface area contributed by atoms with Crippen LogP contribution in [-0.2, 0) is 4.79 Å². The quantitative estimate of drug-likeness (QED) is 0.340. The first kappa shape index (κ1) is 13.2. The average Bonchev–Trinajstić information content (AvgIpc) is 2.40. The van der Waals surface area contributed by atoms with Gasteiger partial charge in [-0.3, -0.25) is 14.6 Å². The Morgan fingerprint density at radius 2 is 2.10 bits per heavy atom. The molecule has 0 unspecified atom stereocenters. The van der Waals surface area contributed by atoms with Crippen molar-refractivity contribution in [2.24, 2.45) is 5.16 Å². The van der Waals surface area contributed by atoms with Crippen LogP contribution >= 0.6 is 0 Å². The van der Waals surface area contributed by atoms with Gasteiger partial charge in [0.05, 0.1) is 5.69 Å². The molecule has 9 nitrogen and oxygen atoms in total. The van der Waals surface area contributed by atoms with Crippen molar-refractivity contribution < 1.29 is 10.0 Å². The van der Waals surface area contributed by atoms with Gasteiger partial charge < -0.3 is 10.5 Å². The van der Waals surface area contributed by atoms with Crippen LogP contribution in [-0.4, -0.2) is 32.5 Å². The Labute approximate surface area is 111 Å². The Morgan fingerprint density at radius 1 is 1.35 bits per heavy atom. The number of benzene rings is 1. The summed E-state index contributed by atoms with van der Waals surface area (Å²) in [4.78, 5) is 36.0. The maximum absolute atomic E-state index is 11.7. The van der Waals surface area contributed by atoms with E-state index in [1.807, 2.05) is 4.98 Å². The number of aromatic nitrogens is 3. The lowest BCUT2D eigenvalue weighted by molar-refractivity contribution is -0.110. The van der Waals surface area contributed by atoms with Crippen molar-refractivity contribution in [3.63, 3.8) is 0 Å². The molecule has 1 amide bonds. The van der Waals surface area contributed by atoms with E-state index >= 15 is 0 Å². The van der Waals surface area contributed by atoms with E-state index in [0.717, 1.165) is 0 Å². The minimum absolute atomic E-state index is 0.0542. The first-order chi connectivity index (χ1) is 9.61. The van der Waals surface area contributed by atoms with E-state index in [0.29, 0.717) is 11.8 Å². The number of hydrogen-bond donors (Lipinski definition) is 4. The number of carbonyl (C=O) groups is 1. The molecule has 0 aliphatic carbocycles. The van der Waals surface area contributed by atoms with Gasteiger partial charge in [-0.25, -0.2) is 9.89 Å². The molecule has 0 aliphatic heterocycles. The summed E-state index contributed by atoms with van der Waals surface area (Å²) in [5.74, 6) is -0.680. The highest BCUT2D eigenvalue weighted by molar-refractivity contribution is 6.32. The number of aromatic amines is 2. The fourth-order valence-corrected chi connectivity index (χ4v) is 1.55. The van der Waals surface area contributed by atoms with Crippen LogP contribution in [0, 0.1) is 0 Å². The standard InChI is InChI=1S/C11H9N5O4/c17-8(5-12-20)13-7-4-2-1-3-6(7)9-10(18)14-11(19)16-15-9/h1-5,20H,(H,13,17)(H2,14,16,18,19)/b12-5+. The van der Waals surface area contributed by atoms with E-state index in [2.05, 4.69) is 20.7 Å². The molecule has 0 saturated heterocycles. The average molecular weight is 275 g/mol. The third-order valence-electron chi connectivity index (χ3n) is 2.33. The summed E-state index contributed by atoms with van der Waals surface area (Å²) in [7, 11) is 0.